The number of carbonyl (C=O) groups excluding carboxylic acids is 3. The van der Waals surface area contributed by atoms with Crippen LogP contribution in [0.3, 0.4) is 0 Å². The molecule has 4 rings (SSSR count). The first kappa shape index (κ1) is 25.4. The molecule has 3 aromatic rings. The normalized spacial score (nSPS) is 22.0. The molecule has 1 saturated heterocycles. The van der Waals surface area contributed by atoms with Crippen molar-refractivity contribution >= 4 is 38.5 Å². The summed E-state index contributed by atoms with van der Waals surface area (Å²) in [4.78, 5) is 44.1. The quantitative estimate of drug-likeness (QED) is 0.316. The van der Waals surface area contributed by atoms with Gasteiger partial charge < -0.3 is 15.8 Å². The van der Waals surface area contributed by atoms with Gasteiger partial charge in [0.05, 0.1) is 20.8 Å². The van der Waals surface area contributed by atoms with Crippen molar-refractivity contribution in [2.24, 2.45) is 5.92 Å². The standard InChI is InChI=1S/C27H31N5O6S/c1-18(2)16-23(30-26(34)22-13-12-19-8-3-4-9-20(19)28-22)27(35)29-21-10-7-14-31(17-24(21)33)39(37,38)25-11-5-6-15-32(25)36/h3-6,8-9,11-13,15,18,21,23H,7,10,14,16-17H2,1-2H3,(H,29,35)(H,30,34)/t21-,23?/m0/s1/i17D,21D/t17?,21-,23?. The highest BCUT2D eigenvalue weighted by atomic mass is 32.2. The van der Waals surface area contributed by atoms with E-state index in [-0.39, 0.29) is 42.1 Å². The number of para-hydroxylation sites is 1. The van der Waals surface area contributed by atoms with E-state index in [1.807, 2.05) is 26.0 Å². The van der Waals surface area contributed by atoms with Crippen molar-refractivity contribution < 1.29 is 30.3 Å². The molecule has 39 heavy (non-hydrogen) atoms. The van der Waals surface area contributed by atoms with Crippen molar-refractivity contribution in [1.82, 2.24) is 19.9 Å². The Morgan fingerprint density at radius 2 is 1.95 bits per heavy atom. The molecule has 3 heterocycles. The molecule has 2 aromatic heterocycles. The first-order chi connectivity index (χ1) is 19.3. The van der Waals surface area contributed by atoms with E-state index in [2.05, 4.69) is 15.6 Å². The van der Waals surface area contributed by atoms with Gasteiger partial charge in [-0.2, -0.15) is 9.04 Å². The van der Waals surface area contributed by atoms with E-state index in [4.69, 9.17) is 2.74 Å². The lowest BCUT2D eigenvalue weighted by Crippen LogP contribution is -2.53. The Morgan fingerprint density at radius 1 is 1.21 bits per heavy atom. The van der Waals surface area contributed by atoms with Gasteiger partial charge in [0.25, 0.3) is 5.91 Å². The van der Waals surface area contributed by atoms with Crippen molar-refractivity contribution in [2.45, 2.75) is 50.2 Å². The Balaban J connectivity index is 1.53. The van der Waals surface area contributed by atoms with Crippen LogP contribution in [0, 0.1) is 11.1 Å². The molecule has 0 spiro atoms. The molecule has 11 nitrogen and oxygen atoms in total. The number of rotatable bonds is 8. The minimum absolute atomic E-state index is 0.0436. The fourth-order valence-corrected chi connectivity index (χ4v) is 5.60. The molecule has 0 saturated carbocycles. The lowest BCUT2D eigenvalue weighted by Gasteiger charge is -2.23. The molecular formula is C27H31N5O6S. The molecule has 2 unspecified atom stereocenters. The molecule has 206 valence electrons. The van der Waals surface area contributed by atoms with Crippen LogP contribution in [0.4, 0.5) is 0 Å². The molecule has 1 aliphatic rings. The highest BCUT2D eigenvalue weighted by molar-refractivity contribution is 7.89. The van der Waals surface area contributed by atoms with Crippen molar-refractivity contribution in [3.8, 4) is 0 Å². The highest BCUT2D eigenvalue weighted by Gasteiger charge is 2.37. The summed E-state index contributed by atoms with van der Waals surface area (Å²) < 4.78 is 44.1. The summed E-state index contributed by atoms with van der Waals surface area (Å²) >= 11 is 0. The van der Waals surface area contributed by atoms with E-state index in [1.165, 1.54) is 18.2 Å². The summed E-state index contributed by atoms with van der Waals surface area (Å²) in [5, 5.41) is 17.3. The van der Waals surface area contributed by atoms with Gasteiger partial charge in [0, 0.05) is 24.1 Å². The molecule has 0 radical (unpaired) electrons. The van der Waals surface area contributed by atoms with Crippen molar-refractivity contribution in [1.29, 1.82) is 0 Å². The Labute approximate surface area is 229 Å². The number of sulfonamides is 1. The number of amides is 2. The van der Waals surface area contributed by atoms with E-state index < -0.39 is 51.2 Å². The number of benzene rings is 1. The summed E-state index contributed by atoms with van der Waals surface area (Å²) in [5.41, 5.74) is 0.679. The highest BCUT2D eigenvalue weighted by Crippen LogP contribution is 2.18. The molecule has 0 aliphatic carbocycles. The van der Waals surface area contributed by atoms with Crippen LogP contribution in [-0.4, -0.2) is 60.4 Å². The number of hydrogen-bond acceptors (Lipinski definition) is 7. The number of aromatic nitrogens is 2. The topological polar surface area (TPSA) is 152 Å². The SMILES string of the molecule is [2H]C1C(=O)[C@@]([2H])(NC(=O)C(CC(C)C)NC(=O)c2ccc3ccccc3n2)CCCN1S(=O)(=O)c1cccc[n+]1[O-]. The van der Waals surface area contributed by atoms with Gasteiger partial charge in [-0.25, -0.2) is 13.4 Å². The minimum atomic E-state index is -4.56. The largest absolute Gasteiger partial charge is 0.618 e. The number of Topliss-reactive ketones (excluding diaryl/α,β-unsaturated/α-hetero) is 1. The fourth-order valence-electron chi connectivity index (χ4n) is 4.22. The van der Waals surface area contributed by atoms with Gasteiger partial charge in [-0.1, -0.05) is 38.1 Å². The second kappa shape index (κ2) is 11.9. The third-order valence-electron chi connectivity index (χ3n) is 6.16. The van der Waals surface area contributed by atoms with Crippen molar-refractivity contribution in [3.63, 3.8) is 0 Å². The zero-order valence-electron chi connectivity index (χ0n) is 23.5. The van der Waals surface area contributed by atoms with E-state index in [9.17, 15) is 28.0 Å². The monoisotopic (exact) mass is 555 g/mol. The van der Waals surface area contributed by atoms with E-state index in [1.54, 1.807) is 18.2 Å². The van der Waals surface area contributed by atoms with Gasteiger partial charge >= 0.3 is 15.0 Å². The van der Waals surface area contributed by atoms with Gasteiger partial charge in [0.1, 0.15) is 11.7 Å². The number of ketones is 1. The van der Waals surface area contributed by atoms with Gasteiger partial charge in [-0.05, 0) is 43.4 Å². The first-order valence-electron chi connectivity index (χ1n) is 13.6. The summed E-state index contributed by atoms with van der Waals surface area (Å²) in [6, 6.07) is 10.8. The van der Waals surface area contributed by atoms with E-state index in [0.29, 0.717) is 9.82 Å². The number of nitrogens with zero attached hydrogens (tertiary/aromatic N) is 3. The predicted molar refractivity (Wildman–Crippen MR) is 143 cm³/mol. The first-order valence-corrected chi connectivity index (χ1v) is 13.9. The average molecular weight is 556 g/mol. The lowest BCUT2D eigenvalue weighted by molar-refractivity contribution is -0.646. The summed E-state index contributed by atoms with van der Waals surface area (Å²) in [6.07, 6.45) is 0.840. The summed E-state index contributed by atoms with van der Waals surface area (Å²) in [5.74, 6) is -2.67. The van der Waals surface area contributed by atoms with E-state index in [0.717, 1.165) is 17.6 Å². The molecule has 2 amide bonds. The molecule has 3 atom stereocenters. The van der Waals surface area contributed by atoms with Gasteiger partial charge in [0.15, 0.2) is 12.0 Å². The molecule has 1 aromatic carbocycles. The van der Waals surface area contributed by atoms with E-state index >= 15 is 0 Å². The van der Waals surface area contributed by atoms with Crippen LogP contribution < -0.4 is 15.4 Å². The number of nitrogens with one attached hydrogen (secondary N) is 2. The third-order valence-corrected chi connectivity index (χ3v) is 7.91. The maximum atomic E-state index is 13.4. The van der Waals surface area contributed by atoms with Crippen molar-refractivity contribution in [3.05, 3.63) is 71.7 Å². The van der Waals surface area contributed by atoms with Crippen LogP contribution in [0.2, 0.25) is 0 Å². The smallest absolute Gasteiger partial charge is 0.323 e. The van der Waals surface area contributed by atoms with Crippen LogP contribution in [0.5, 0.6) is 0 Å². The van der Waals surface area contributed by atoms with Crippen molar-refractivity contribution in [2.75, 3.05) is 13.1 Å². The fraction of sp³-hybridized carbons (Fsp3) is 0.370. The Kier molecular flexibility index (Phi) is 7.73. The summed E-state index contributed by atoms with van der Waals surface area (Å²) in [6.45, 7) is 1.28. The minimum Gasteiger partial charge on any atom is -0.618 e. The second-order valence-electron chi connectivity index (χ2n) is 9.59. The summed E-state index contributed by atoms with van der Waals surface area (Å²) in [7, 11) is -4.56. The lowest BCUT2D eigenvalue weighted by atomic mass is 10.0. The molecule has 1 aliphatic heterocycles. The van der Waals surface area contributed by atoms with Gasteiger partial charge in [-0.3, -0.25) is 14.4 Å². The molecule has 2 N–H and O–H groups in total. The number of pyridine rings is 2. The second-order valence-corrected chi connectivity index (χ2v) is 11.4. The molecular weight excluding hydrogens is 522 g/mol. The molecule has 0 bridgehead atoms. The maximum Gasteiger partial charge on any atom is 0.323 e. The van der Waals surface area contributed by atoms with Gasteiger partial charge in [0.2, 0.25) is 5.91 Å². The average Bonchev–Trinajstić information content (AvgIpc) is 3.04. The Morgan fingerprint density at radius 3 is 2.69 bits per heavy atom. The van der Waals surface area contributed by atoms with Crippen LogP contribution in [-0.2, 0) is 19.6 Å². The molecule has 12 heteroatoms. The predicted octanol–water partition coefficient (Wildman–Crippen LogP) is 1.55. The van der Waals surface area contributed by atoms with Crippen LogP contribution in [0.25, 0.3) is 10.9 Å². The number of fused-ring (bicyclic) bond motifs is 1. The zero-order chi connectivity index (χ0) is 29.9. The Bertz CT molecular complexity index is 1590. The van der Waals surface area contributed by atoms with Crippen LogP contribution >= 0.6 is 0 Å². The van der Waals surface area contributed by atoms with Crippen LogP contribution in [0.1, 0.15) is 46.3 Å². The van der Waals surface area contributed by atoms with Gasteiger partial charge in [-0.15, -0.1) is 0 Å². The zero-order valence-corrected chi connectivity index (χ0v) is 22.3. The number of carbonyl (C=O) groups is 3. The molecule has 1 fully saturated rings. The Hall–Kier alpha value is -3.90. The van der Waals surface area contributed by atoms with Crippen LogP contribution in [0.15, 0.2) is 65.8 Å². The maximum absolute atomic E-state index is 13.4. The number of hydrogen-bond donors (Lipinski definition) is 2. The third kappa shape index (κ3) is 6.58.